The van der Waals surface area contributed by atoms with Gasteiger partial charge in [0.2, 0.25) is 5.91 Å². The van der Waals surface area contributed by atoms with Crippen LogP contribution in [0.15, 0.2) is 6.20 Å². The highest BCUT2D eigenvalue weighted by atomic mass is 16.2. The van der Waals surface area contributed by atoms with Crippen LogP contribution in [0.4, 0.5) is 0 Å². The first kappa shape index (κ1) is 12.7. The zero-order valence-corrected chi connectivity index (χ0v) is 11.6. The number of nitrogens with one attached hydrogen (secondary N) is 2. The summed E-state index contributed by atoms with van der Waals surface area (Å²) in [6.07, 6.45) is 7.54. The van der Waals surface area contributed by atoms with Gasteiger partial charge in [-0.1, -0.05) is 0 Å². The van der Waals surface area contributed by atoms with Crippen LogP contribution in [0, 0.1) is 0 Å². The summed E-state index contributed by atoms with van der Waals surface area (Å²) >= 11 is 0. The first-order valence-electron chi connectivity index (χ1n) is 7.22. The second-order valence-corrected chi connectivity index (χ2v) is 5.79. The van der Waals surface area contributed by atoms with E-state index in [0.29, 0.717) is 6.04 Å². The molecular weight excluding hydrogens is 240 g/mol. The Hall–Kier alpha value is -1.36. The predicted octanol–water partition coefficient (Wildman–Crippen LogP) is 1.05. The number of hydrogen-bond acceptors (Lipinski definition) is 3. The van der Waals surface area contributed by atoms with Gasteiger partial charge in [0.1, 0.15) is 0 Å². The van der Waals surface area contributed by atoms with Gasteiger partial charge in [-0.05, 0) is 39.0 Å². The van der Waals surface area contributed by atoms with Gasteiger partial charge in [-0.25, -0.2) is 0 Å². The summed E-state index contributed by atoms with van der Waals surface area (Å²) in [7, 11) is 1.99. The second kappa shape index (κ2) is 4.96. The SMILES string of the molecule is CC(NC1CCCc2c1cnn2C)C(=O)NC1CC1. The van der Waals surface area contributed by atoms with E-state index >= 15 is 0 Å². The Bertz CT molecular complexity index is 478. The van der Waals surface area contributed by atoms with Crippen molar-refractivity contribution in [2.24, 2.45) is 7.05 Å². The molecule has 1 heterocycles. The summed E-state index contributed by atoms with van der Waals surface area (Å²) in [6, 6.07) is 0.547. The molecular formula is C14H22N4O. The first-order valence-corrected chi connectivity index (χ1v) is 7.22. The fraction of sp³-hybridized carbons (Fsp3) is 0.714. The van der Waals surface area contributed by atoms with Gasteiger partial charge >= 0.3 is 0 Å². The normalized spacial score (nSPS) is 23.8. The van der Waals surface area contributed by atoms with Crippen molar-refractivity contribution < 1.29 is 4.79 Å². The summed E-state index contributed by atoms with van der Waals surface area (Å²) in [5.74, 6) is 0.124. The van der Waals surface area contributed by atoms with E-state index in [-0.39, 0.29) is 18.0 Å². The number of nitrogens with zero attached hydrogens (tertiary/aromatic N) is 2. The highest BCUT2D eigenvalue weighted by Gasteiger charge is 2.29. The number of amides is 1. The maximum absolute atomic E-state index is 12.0. The van der Waals surface area contributed by atoms with E-state index in [9.17, 15) is 4.79 Å². The Morgan fingerprint density at radius 1 is 1.47 bits per heavy atom. The fourth-order valence-electron chi connectivity index (χ4n) is 2.81. The number of aryl methyl sites for hydroxylation is 1. The number of rotatable bonds is 4. The summed E-state index contributed by atoms with van der Waals surface area (Å²) < 4.78 is 1.96. The minimum absolute atomic E-state index is 0.124. The van der Waals surface area contributed by atoms with Gasteiger partial charge in [0.05, 0.1) is 12.2 Å². The molecule has 0 aliphatic heterocycles. The molecule has 1 amide bonds. The van der Waals surface area contributed by atoms with Gasteiger partial charge in [0.15, 0.2) is 0 Å². The van der Waals surface area contributed by atoms with Crippen molar-refractivity contribution >= 4 is 5.91 Å². The lowest BCUT2D eigenvalue weighted by Gasteiger charge is -2.26. The Balaban J connectivity index is 1.64. The third-order valence-corrected chi connectivity index (χ3v) is 4.14. The largest absolute Gasteiger partial charge is 0.352 e. The number of hydrogen-bond donors (Lipinski definition) is 2. The molecule has 0 saturated heterocycles. The van der Waals surface area contributed by atoms with E-state index in [4.69, 9.17) is 0 Å². The summed E-state index contributed by atoms with van der Waals surface area (Å²) in [6.45, 7) is 1.95. The van der Waals surface area contributed by atoms with Crippen LogP contribution in [0.1, 0.15) is 49.9 Å². The van der Waals surface area contributed by atoms with Gasteiger partial charge in [0, 0.05) is 30.4 Å². The van der Waals surface area contributed by atoms with Crippen LogP contribution in [0.2, 0.25) is 0 Å². The van der Waals surface area contributed by atoms with Gasteiger partial charge in [-0.3, -0.25) is 14.8 Å². The summed E-state index contributed by atoms with van der Waals surface area (Å²) in [5, 5.41) is 10.8. The van der Waals surface area contributed by atoms with Crippen LogP contribution in [0.3, 0.4) is 0 Å². The van der Waals surface area contributed by atoms with Crippen molar-refractivity contribution in [2.45, 2.75) is 57.2 Å². The minimum atomic E-state index is -0.142. The van der Waals surface area contributed by atoms with E-state index < -0.39 is 0 Å². The summed E-state index contributed by atoms with van der Waals surface area (Å²) in [4.78, 5) is 12.0. The molecule has 2 unspecified atom stereocenters. The van der Waals surface area contributed by atoms with E-state index in [1.165, 1.54) is 11.3 Å². The Kier molecular flexibility index (Phi) is 3.31. The molecule has 2 aliphatic rings. The lowest BCUT2D eigenvalue weighted by molar-refractivity contribution is -0.123. The predicted molar refractivity (Wildman–Crippen MR) is 72.6 cm³/mol. The van der Waals surface area contributed by atoms with Crippen molar-refractivity contribution in [1.82, 2.24) is 20.4 Å². The van der Waals surface area contributed by atoms with E-state index in [1.807, 2.05) is 24.9 Å². The molecule has 1 fully saturated rings. The monoisotopic (exact) mass is 262 g/mol. The Morgan fingerprint density at radius 3 is 3.00 bits per heavy atom. The topological polar surface area (TPSA) is 59.0 Å². The van der Waals surface area contributed by atoms with E-state index in [1.54, 1.807) is 0 Å². The van der Waals surface area contributed by atoms with Gasteiger partial charge in [-0.15, -0.1) is 0 Å². The second-order valence-electron chi connectivity index (χ2n) is 5.79. The maximum Gasteiger partial charge on any atom is 0.237 e. The fourth-order valence-corrected chi connectivity index (χ4v) is 2.81. The molecule has 5 nitrogen and oxygen atoms in total. The maximum atomic E-state index is 12.0. The zero-order chi connectivity index (χ0) is 13.4. The van der Waals surface area contributed by atoms with E-state index in [2.05, 4.69) is 15.7 Å². The average Bonchev–Trinajstić information content (AvgIpc) is 3.13. The van der Waals surface area contributed by atoms with Gasteiger partial charge < -0.3 is 5.32 Å². The van der Waals surface area contributed by atoms with E-state index in [0.717, 1.165) is 32.1 Å². The summed E-state index contributed by atoms with van der Waals surface area (Å²) in [5.41, 5.74) is 2.57. The number of aromatic nitrogens is 2. The highest BCUT2D eigenvalue weighted by molar-refractivity contribution is 5.81. The van der Waals surface area contributed by atoms with Crippen LogP contribution in [0.5, 0.6) is 0 Å². The smallest absolute Gasteiger partial charge is 0.237 e. The van der Waals surface area contributed by atoms with Crippen molar-refractivity contribution in [2.75, 3.05) is 0 Å². The van der Waals surface area contributed by atoms with Crippen molar-refractivity contribution in [3.8, 4) is 0 Å². The van der Waals surface area contributed by atoms with Crippen LogP contribution in [0.25, 0.3) is 0 Å². The number of carbonyl (C=O) groups excluding carboxylic acids is 1. The molecule has 1 aromatic heterocycles. The highest BCUT2D eigenvalue weighted by Crippen LogP contribution is 2.29. The lowest BCUT2D eigenvalue weighted by Crippen LogP contribution is -2.45. The van der Waals surface area contributed by atoms with Crippen LogP contribution >= 0.6 is 0 Å². The quantitative estimate of drug-likeness (QED) is 0.853. The lowest BCUT2D eigenvalue weighted by atomic mass is 9.92. The third-order valence-electron chi connectivity index (χ3n) is 4.14. The molecule has 3 rings (SSSR count). The molecule has 0 spiro atoms. The molecule has 1 saturated carbocycles. The van der Waals surface area contributed by atoms with Gasteiger partial charge in [-0.2, -0.15) is 5.10 Å². The van der Waals surface area contributed by atoms with Crippen molar-refractivity contribution in [3.05, 3.63) is 17.5 Å². The minimum Gasteiger partial charge on any atom is -0.352 e. The molecule has 0 bridgehead atoms. The molecule has 0 aromatic carbocycles. The van der Waals surface area contributed by atoms with Crippen molar-refractivity contribution in [3.63, 3.8) is 0 Å². The standard InChI is InChI=1S/C14H22N4O/c1-9(14(19)17-10-6-7-10)16-12-4-3-5-13-11(12)8-15-18(13)2/h8-10,12,16H,3-7H2,1-2H3,(H,17,19). The van der Waals surface area contributed by atoms with Crippen LogP contribution in [-0.4, -0.2) is 27.8 Å². The molecule has 19 heavy (non-hydrogen) atoms. The number of carbonyl (C=O) groups is 1. The molecule has 104 valence electrons. The number of fused-ring (bicyclic) bond motifs is 1. The molecule has 2 atom stereocenters. The Labute approximate surface area is 113 Å². The van der Waals surface area contributed by atoms with Gasteiger partial charge in [0.25, 0.3) is 0 Å². The van der Waals surface area contributed by atoms with Crippen molar-refractivity contribution in [1.29, 1.82) is 0 Å². The molecule has 1 aromatic rings. The zero-order valence-electron chi connectivity index (χ0n) is 11.6. The molecule has 5 heteroatoms. The molecule has 2 N–H and O–H groups in total. The average molecular weight is 262 g/mol. The third kappa shape index (κ3) is 2.66. The van der Waals surface area contributed by atoms with Crippen LogP contribution < -0.4 is 10.6 Å². The Morgan fingerprint density at radius 2 is 2.26 bits per heavy atom. The molecule has 2 aliphatic carbocycles. The first-order chi connectivity index (χ1) is 9.15. The molecule has 0 radical (unpaired) electrons. The van der Waals surface area contributed by atoms with Crippen LogP contribution in [-0.2, 0) is 18.3 Å².